The Morgan fingerprint density at radius 2 is 2.14 bits per heavy atom. The van der Waals surface area contributed by atoms with Gasteiger partial charge in [-0.3, -0.25) is 9.69 Å². The second-order valence-electron chi connectivity index (χ2n) is 4.87. The zero-order chi connectivity index (χ0) is 15.1. The van der Waals surface area contributed by atoms with Crippen LogP contribution in [-0.2, 0) is 11.3 Å². The summed E-state index contributed by atoms with van der Waals surface area (Å²) in [5, 5.41) is 11.6. The molecule has 0 atom stereocenters. The highest BCUT2D eigenvalue weighted by atomic mass is 16.4. The molecule has 0 radical (unpaired) electrons. The maximum Gasteiger partial charge on any atom is 0.317 e. The average Bonchev–Trinajstić information content (AvgIpc) is 2.71. The van der Waals surface area contributed by atoms with E-state index in [2.05, 4.69) is 15.3 Å². The minimum atomic E-state index is -0.836. The Hall–Kier alpha value is -2.22. The van der Waals surface area contributed by atoms with E-state index >= 15 is 0 Å². The highest BCUT2D eigenvalue weighted by molar-refractivity contribution is 5.74. The molecule has 1 aliphatic rings. The smallest absolute Gasteiger partial charge is 0.317 e. The first kappa shape index (κ1) is 15.2. The van der Waals surface area contributed by atoms with Crippen LogP contribution < -0.4 is 5.32 Å². The Morgan fingerprint density at radius 3 is 2.86 bits per heavy atom. The van der Waals surface area contributed by atoms with Crippen molar-refractivity contribution in [2.24, 2.45) is 0 Å². The van der Waals surface area contributed by atoms with E-state index < -0.39 is 5.97 Å². The summed E-state index contributed by atoms with van der Waals surface area (Å²) in [6, 6.07) is 1.60. The topological polar surface area (TPSA) is 98.7 Å². The first-order chi connectivity index (χ1) is 10.1. The predicted molar refractivity (Wildman–Crippen MR) is 74.5 cm³/mol. The minimum Gasteiger partial charge on any atom is -0.480 e. The number of hydrogen-bond donors (Lipinski definition) is 2. The molecule has 2 N–H and O–H groups in total. The molecule has 0 aliphatic carbocycles. The third kappa shape index (κ3) is 4.99. The molecule has 1 saturated heterocycles. The van der Waals surface area contributed by atoms with Crippen LogP contribution >= 0.6 is 0 Å². The average molecular weight is 293 g/mol. The van der Waals surface area contributed by atoms with Crippen molar-refractivity contribution >= 4 is 12.0 Å². The van der Waals surface area contributed by atoms with Gasteiger partial charge in [0.05, 0.1) is 18.8 Å². The van der Waals surface area contributed by atoms with Gasteiger partial charge in [-0.2, -0.15) is 0 Å². The number of aliphatic carboxylic acids is 1. The molecule has 1 fully saturated rings. The van der Waals surface area contributed by atoms with E-state index in [1.165, 1.54) is 6.33 Å². The summed E-state index contributed by atoms with van der Waals surface area (Å²) in [4.78, 5) is 34.2. The quantitative estimate of drug-likeness (QED) is 0.796. The van der Waals surface area contributed by atoms with Gasteiger partial charge in [-0.1, -0.05) is 0 Å². The second-order valence-corrected chi connectivity index (χ2v) is 4.87. The highest BCUT2D eigenvalue weighted by Gasteiger charge is 2.19. The van der Waals surface area contributed by atoms with Crippen LogP contribution in [0.15, 0.2) is 18.6 Å². The van der Waals surface area contributed by atoms with E-state index in [0.29, 0.717) is 32.7 Å². The number of urea groups is 1. The van der Waals surface area contributed by atoms with Crippen LogP contribution in [0.25, 0.3) is 0 Å². The summed E-state index contributed by atoms with van der Waals surface area (Å²) in [5.74, 6) is -0.836. The van der Waals surface area contributed by atoms with Gasteiger partial charge in [-0.25, -0.2) is 14.8 Å². The van der Waals surface area contributed by atoms with Crippen molar-refractivity contribution in [3.63, 3.8) is 0 Å². The van der Waals surface area contributed by atoms with Gasteiger partial charge < -0.3 is 15.3 Å². The van der Waals surface area contributed by atoms with Gasteiger partial charge in [0.2, 0.25) is 0 Å². The van der Waals surface area contributed by atoms with Crippen molar-refractivity contribution in [2.45, 2.75) is 13.0 Å². The van der Waals surface area contributed by atoms with Crippen molar-refractivity contribution in [1.29, 1.82) is 0 Å². The van der Waals surface area contributed by atoms with Crippen molar-refractivity contribution in [1.82, 2.24) is 25.1 Å². The third-order valence-electron chi connectivity index (χ3n) is 3.30. The first-order valence-corrected chi connectivity index (χ1v) is 6.87. The number of carbonyl (C=O) groups is 2. The zero-order valence-corrected chi connectivity index (χ0v) is 11.7. The standard InChI is InChI=1S/C13H19N5O3/c19-12(20)9-17-4-1-5-18(7-6-17)13(21)15-8-11-2-3-14-10-16-11/h2-3,10H,1,4-9H2,(H,15,21)(H,19,20). The number of rotatable bonds is 4. The lowest BCUT2D eigenvalue weighted by molar-refractivity contribution is -0.138. The molecule has 2 heterocycles. The van der Waals surface area contributed by atoms with Gasteiger partial charge in [0.1, 0.15) is 6.33 Å². The molecule has 1 aromatic heterocycles. The van der Waals surface area contributed by atoms with Gasteiger partial charge in [0, 0.05) is 32.4 Å². The fraction of sp³-hybridized carbons (Fsp3) is 0.538. The first-order valence-electron chi connectivity index (χ1n) is 6.87. The Bertz CT molecular complexity index is 482. The molecule has 8 nitrogen and oxygen atoms in total. The normalized spacial score (nSPS) is 16.3. The largest absolute Gasteiger partial charge is 0.480 e. The monoisotopic (exact) mass is 293 g/mol. The van der Waals surface area contributed by atoms with E-state index in [0.717, 1.165) is 12.1 Å². The number of carbonyl (C=O) groups excluding carboxylic acids is 1. The molecule has 0 saturated carbocycles. The summed E-state index contributed by atoms with van der Waals surface area (Å²) < 4.78 is 0. The predicted octanol–water partition coefficient (Wildman–Crippen LogP) is -0.221. The lowest BCUT2D eigenvalue weighted by Gasteiger charge is -2.21. The molecular weight excluding hydrogens is 274 g/mol. The maximum absolute atomic E-state index is 12.1. The second kappa shape index (κ2) is 7.53. The molecule has 2 rings (SSSR count). The third-order valence-corrected chi connectivity index (χ3v) is 3.30. The van der Waals surface area contributed by atoms with Gasteiger partial charge >= 0.3 is 12.0 Å². The number of aromatic nitrogens is 2. The van der Waals surface area contributed by atoms with E-state index in [1.54, 1.807) is 17.2 Å². The van der Waals surface area contributed by atoms with E-state index in [-0.39, 0.29) is 12.6 Å². The SMILES string of the molecule is O=C(O)CN1CCCN(C(=O)NCc2ccncn2)CC1. The van der Waals surface area contributed by atoms with Gasteiger partial charge in [0.25, 0.3) is 0 Å². The summed E-state index contributed by atoms with van der Waals surface area (Å²) in [5.41, 5.74) is 0.751. The molecule has 114 valence electrons. The van der Waals surface area contributed by atoms with E-state index in [4.69, 9.17) is 5.11 Å². The van der Waals surface area contributed by atoms with Crippen LogP contribution in [0.5, 0.6) is 0 Å². The van der Waals surface area contributed by atoms with Crippen LogP contribution in [0.1, 0.15) is 12.1 Å². The summed E-state index contributed by atoms with van der Waals surface area (Å²) in [6.45, 7) is 2.82. The van der Waals surface area contributed by atoms with Gasteiger partial charge in [0.15, 0.2) is 0 Å². The Morgan fingerprint density at radius 1 is 1.29 bits per heavy atom. The summed E-state index contributed by atoms with van der Waals surface area (Å²) in [6.07, 6.45) is 3.84. The Kier molecular flexibility index (Phi) is 5.44. The molecule has 1 aromatic rings. The molecular formula is C13H19N5O3. The van der Waals surface area contributed by atoms with Crippen LogP contribution in [0.2, 0.25) is 0 Å². The minimum absolute atomic E-state index is 0.0242. The zero-order valence-electron chi connectivity index (χ0n) is 11.7. The number of hydrogen-bond acceptors (Lipinski definition) is 5. The molecule has 0 unspecified atom stereocenters. The fourth-order valence-electron chi connectivity index (χ4n) is 2.22. The van der Waals surface area contributed by atoms with Crippen LogP contribution in [0.4, 0.5) is 4.79 Å². The molecule has 2 amide bonds. The van der Waals surface area contributed by atoms with Crippen molar-refractivity contribution < 1.29 is 14.7 Å². The van der Waals surface area contributed by atoms with Crippen molar-refractivity contribution in [3.05, 3.63) is 24.3 Å². The number of nitrogens with one attached hydrogen (secondary N) is 1. The lowest BCUT2D eigenvalue weighted by atomic mass is 10.4. The highest BCUT2D eigenvalue weighted by Crippen LogP contribution is 2.03. The molecule has 8 heteroatoms. The maximum atomic E-state index is 12.1. The Labute approximate surface area is 122 Å². The van der Waals surface area contributed by atoms with Crippen LogP contribution in [0.3, 0.4) is 0 Å². The van der Waals surface area contributed by atoms with Crippen molar-refractivity contribution in [2.75, 3.05) is 32.7 Å². The Balaban J connectivity index is 1.79. The van der Waals surface area contributed by atoms with Crippen molar-refractivity contribution in [3.8, 4) is 0 Å². The molecule has 0 bridgehead atoms. The van der Waals surface area contributed by atoms with E-state index in [1.807, 2.05) is 4.90 Å². The fourth-order valence-corrected chi connectivity index (χ4v) is 2.22. The van der Waals surface area contributed by atoms with Crippen LogP contribution in [-0.4, -0.2) is 69.6 Å². The summed E-state index contributed by atoms with van der Waals surface area (Å²) >= 11 is 0. The molecule has 21 heavy (non-hydrogen) atoms. The summed E-state index contributed by atoms with van der Waals surface area (Å²) in [7, 11) is 0. The number of carboxylic acid groups (broad SMARTS) is 1. The number of carboxylic acids is 1. The van der Waals surface area contributed by atoms with Crippen LogP contribution in [0, 0.1) is 0 Å². The molecule has 0 aromatic carbocycles. The van der Waals surface area contributed by atoms with Gasteiger partial charge in [-0.15, -0.1) is 0 Å². The lowest BCUT2D eigenvalue weighted by Crippen LogP contribution is -2.42. The van der Waals surface area contributed by atoms with E-state index in [9.17, 15) is 9.59 Å². The molecule has 1 aliphatic heterocycles. The van der Waals surface area contributed by atoms with Gasteiger partial charge in [-0.05, 0) is 12.5 Å². The number of amides is 2. The number of nitrogens with zero attached hydrogens (tertiary/aromatic N) is 4. The molecule has 0 spiro atoms.